The van der Waals surface area contributed by atoms with Gasteiger partial charge in [0.1, 0.15) is 0 Å². The largest absolute Gasteiger partial charge is 0.469 e. The maximum atomic E-state index is 13.1. The average Bonchev–Trinajstić information content (AvgIpc) is 3.13. The van der Waals surface area contributed by atoms with Crippen molar-refractivity contribution in [2.75, 3.05) is 19.4 Å². The van der Waals surface area contributed by atoms with Crippen LogP contribution in [0.5, 0.6) is 0 Å². The van der Waals surface area contributed by atoms with Gasteiger partial charge in [0.25, 0.3) is 0 Å². The van der Waals surface area contributed by atoms with Crippen LogP contribution in [-0.4, -0.2) is 48.3 Å². The fourth-order valence-corrected chi connectivity index (χ4v) is 4.17. The van der Waals surface area contributed by atoms with Gasteiger partial charge in [-0.25, -0.2) is 0 Å². The molecule has 7 nitrogen and oxygen atoms in total. The predicted molar refractivity (Wildman–Crippen MR) is 128 cm³/mol. The summed E-state index contributed by atoms with van der Waals surface area (Å²) in [7, 11) is 1.30. The number of likely N-dealkylation sites (tertiary alicyclic amines) is 1. The van der Waals surface area contributed by atoms with Gasteiger partial charge in [-0.3, -0.25) is 14.4 Å². The van der Waals surface area contributed by atoms with Gasteiger partial charge in [0.05, 0.1) is 31.5 Å². The molecule has 1 aliphatic heterocycles. The van der Waals surface area contributed by atoms with Crippen LogP contribution >= 0.6 is 0 Å². The van der Waals surface area contributed by atoms with Crippen LogP contribution in [0, 0.1) is 5.92 Å². The summed E-state index contributed by atoms with van der Waals surface area (Å²) in [5.74, 6) is -1.39. The number of rotatable bonds is 10. The third-order valence-electron chi connectivity index (χ3n) is 6.03. The zero-order valence-electron chi connectivity index (χ0n) is 18.9. The summed E-state index contributed by atoms with van der Waals surface area (Å²) in [6, 6.07) is 15.8. The summed E-state index contributed by atoms with van der Waals surface area (Å²) in [6.07, 6.45) is 5.00. The molecule has 3 atom stereocenters. The molecule has 1 aliphatic rings. The summed E-state index contributed by atoms with van der Waals surface area (Å²) in [5, 5.41) is 0. The van der Waals surface area contributed by atoms with Gasteiger partial charge < -0.3 is 21.1 Å². The molecule has 3 rings (SSSR count). The Morgan fingerprint density at radius 1 is 1.15 bits per heavy atom. The first-order chi connectivity index (χ1) is 15.9. The van der Waals surface area contributed by atoms with Crippen molar-refractivity contribution in [3.8, 4) is 0 Å². The first kappa shape index (κ1) is 24.2. The van der Waals surface area contributed by atoms with Crippen LogP contribution in [0.4, 0.5) is 5.69 Å². The number of amides is 1. The molecule has 33 heavy (non-hydrogen) atoms. The predicted octanol–water partition coefficient (Wildman–Crippen LogP) is 2.59. The number of nitrogens with zero attached hydrogens (tertiary/aromatic N) is 1. The van der Waals surface area contributed by atoms with Crippen molar-refractivity contribution in [1.82, 2.24) is 4.90 Å². The molecular weight excluding hydrogens is 418 g/mol. The van der Waals surface area contributed by atoms with Crippen molar-refractivity contribution in [2.24, 2.45) is 11.7 Å². The third-order valence-corrected chi connectivity index (χ3v) is 6.03. The highest BCUT2D eigenvalue weighted by molar-refractivity contribution is 5.99. The lowest BCUT2D eigenvalue weighted by Gasteiger charge is -2.28. The standard InChI is InChI=1S/C26H31N3O4/c1-33-24(31)17-20-16-22(25(28)23(30)14-11-19-9-12-21(27)13-10-19)29(26(20)32)15-5-8-18-6-3-2-4-7-18/h2-4,6-7,9-14,20,22,25H,5,8,15-17,27-28H2,1H3/b14-11+/t20-,22-,25?/m0/s1. The molecular formula is C26H31N3O4. The zero-order chi connectivity index (χ0) is 23.8. The molecule has 0 bridgehead atoms. The molecule has 4 N–H and O–H groups in total. The third kappa shape index (κ3) is 6.52. The topological polar surface area (TPSA) is 116 Å². The van der Waals surface area contributed by atoms with Gasteiger partial charge >= 0.3 is 5.97 Å². The van der Waals surface area contributed by atoms with Crippen LogP contribution in [0.1, 0.15) is 30.4 Å². The Morgan fingerprint density at radius 2 is 1.85 bits per heavy atom. The van der Waals surface area contributed by atoms with E-state index in [0.717, 1.165) is 18.4 Å². The van der Waals surface area contributed by atoms with E-state index in [1.807, 2.05) is 42.5 Å². The van der Waals surface area contributed by atoms with Gasteiger partial charge in [-0.2, -0.15) is 0 Å². The van der Waals surface area contributed by atoms with Gasteiger partial charge in [0.15, 0.2) is 5.78 Å². The number of esters is 1. The number of nitrogen functional groups attached to an aromatic ring is 1. The molecule has 7 heteroatoms. The van der Waals surface area contributed by atoms with E-state index in [1.54, 1.807) is 23.1 Å². The average molecular weight is 450 g/mol. The summed E-state index contributed by atoms with van der Waals surface area (Å²) in [6.45, 7) is 0.471. The summed E-state index contributed by atoms with van der Waals surface area (Å²) < 4.78 is 4.75. The normalized spacial score (nSPS) is 19.1. The number of methoxy groups -OCH3 is 1. The number of ketones is 1. The minimum atomic E-state index is -0.877. The monoisotopic (exact) mass is 449 g/mol. The van der Waals surface area contributed by atoms with Crippen molar-refractivity contribution < 1.29 is 19.1 Å². The number of hydrogen-bond donors (Lipinski definition) is 2. The molecule has 174 valence electrons. The summed E-state index contributed by atoms with van der Waals surface area (Å²) in [5.41, 5.74) is 14.7. The van der Waals surface area contributed by atoms with E-state index < -0.39 is 24.0 Å². The number of nitrogens with two attached hydrogens (primary N) is 2. The van der Waals surface area contributed by atoms with E-state index >= 15 is 0 Å². The molecule has 1 fully saturated rings. The molecule has 0 saturated carbocycles. The van der Waals surface area contributed by atoms with E-state index in [9.17, 15) is 14.4 Å². The number of anilines is 1. The molecule has 0 spiro atoms. The fraction of sp³-hybridized carbons (Fsp3) is 0.346. The number of carbonyl (C=O) groups is 3. The quantitative estimate of drug-likeness (QED) is 0.327. The Bertz CT molecular complexity index is 988. The molecule has 2 aromatic carbocycles. The van der Waals surface area contributed by atoms with Crippen LogP contribution < -0.4 is 11.5 Å². The number of hydrogen-bond acceptors (Lipinski definition) is 6. The molecule has 1 heterocycles. The van der Waals surface area contributed by atoms with Crippen molar-refractivity contribution in [3.63, 3.8) is 0 Å². The minimum Gasteiger partial charge on any atom is -0.469 e. The van der Waals surface area contributed by atoms with Crippen LogP contribution in [0.15, 0.2) is 60.7 Å². The lowest BCUT2D eigenvalue weighted by molar-refractivity contribution is -0.145. The second-order valence-corrected chi connectivity index (χ2v) is 8.33. The maximum absolute atomic E-state index is 13.1. The first-order valence-electron chi connectivity index (χ1n) is 11.1. The lowest BCUT2D eigenvalue weighted by Crippen LogP contribution is -2.49. The highest BCUT2D eigenvalue weighted by Crippen LogP contribution is 2.30. The number of ether oxygens (including phenoxy) is 1. The van der Waals surface area contributed by atoms with E-state index in [4.69, 9.17) is 16.2 Å². The second-order valence-electron chi connectivity index (χ2n) is 8.33. The van der Waals surface area contributed by atoms with Gasteiger partial charge in [-0.05, 0) is 48.6 Å². The molecule has 0 aromatic heterocycles. The van der Waals surface area contributed by atoms with Gasteiger partial charge in [0, 0.05) is 12.2 Å². The highest BCUT2D eigenvalue weighted by Gasteiger charge is 2.44. The number of aryl methyl sites for hydroxylation is 1. The van der Waals surface area contributed by atoms with Crippen molar-refractivity contribution in [2.45, 2.75) is 37.8 Å². The van der Waals surface area contributed by atoms with Gasteiger partial charge in [-0.15, -0.1) is 0 Å². The Labute approximate surface area is 194 Å². The number of benzene rings is 2. The number of carbonyl (C=O) groups excluding carboxylic acids is 3. The SMILES string of the molecule is COC(=O)C[C@@H]1C[C@@H](C(N)C(=O)/C=C/c2ccc(N)cc2)N(CCCc2ccccc2)C1=O. The van der Waals surface area contributed by atoms with E-state index in [0.29, 0.717) is 18.7 Å². The first-order valence-corrected chi connectivity index (χ1v) is 11.1. The van der Waals surface area contributed by atoms with Crippen LogP contribution in [-0.2, 0) is 25.5 Å². The molecule has 1 amide bonds. The van der Waals surface area contributed by atoms with Crippen molar-refractivity contribution in [3.05, 3.63) is 71.8 Å². The maximum Gasteiger partial charge on any atom is 0.306 e. The highest BCUT2D eigenvalue weighted by atomic mass is 16.5. The molecule has 1 unspecified atom stereocenters. The Morgan fingerprint density at radius 3 is 2.52 bits per heavy atom. The van der Waals surface area contributed by atoms with E-state index in [2.05, 4.69) is 0 Å². The fourth-order valence-electron chi connectivity index (χ4n) is 4.17. The Balaban J connectivity index is 1.69. The molecule has 2 aromatic rings. The molecule has 1 saturated heterocycles. The van der Waals surface area contributed by atoms with E-state index in [1.165, 1.54) is 18.7 Å². The lowest BCUT2D eigenvalue weighted by atomic mass is 9.95. The van der Waals surface area contributed by atoms with Crippen molar-refractivity contribution in [1.29, 1.82) is 0 Å². The minimum absolute atomic E-state index is 0.0107. The Kier molecular flexibility index (Phi) is 8.38. The smallest absolute Gasteiger partial charge is 0.306 e. The van der Waals surface area contributed by atoms with Crippen molar-refractivity contribution >= 4 is 29.4 Å². The summed E-state index contributed by atoms with van der Waals surface area (Å²) in [4.78, 5) is 39.4. The van der Waals surface area contributed by atoms with Gasteiger partial charge in [0.2, 0.25) is 5.91 Å². The van der Waals surface area contributed by atoms with Crippen LogP contribution in [0.2, 0.25) is 0 Å². The summed E-state index contributed by atoms with van der Waals surface area (Å²) >= 11 is 0. The Hall–Kier alpha value is -3.45. The van der Waals surface area contributed by atoms with Crippen LogP contribution in [0.3, 0.4) is 0 Å². The molecule has 0 radical (unpaired) electrons. The van der Waals surface area contributed by atoms with Crippen LogP contribution in [0.25, 0.3) is 6.08 Å². The molecule has 0 aliphatic carbocycles. The zero-order valence-corrected chi connectivity index (χ0v) is 18.9. The second kappa shape index (κ2) is 11.4. The van der Waals surface area contributed by atoms with Gasteiger partial charge in [-0.1, -0.05) is 48.5 Å². The van der Waals surface area contributed by atoms with E-state index in [-0.39, 0.29) is 18.1 Å².